The van der Waals surface area contributed by atoms with Crippen molar-refractivity contribution in [3.8, 4) is 5.75 Å². The van der Waals surface area contributed by atoms with Crippen LogP contribution >= 0.6 is 11.3 Å². The number of nitrogens with two attached hydrogens (primary N) is 1. The van der Waals surface area contributed by atoms with Gasteiger partial charge < -0.3 is 20.7 Å². The number of hydrogen-bond acceptors (Lipinski definition) is 7. The quantitative estimate of drug-likeness (QED) is 0.703. The summed E-state index contributed by atoms with van der Waals surface area (Å²) in [5.41, 5.74) is 9.63. The minimum Gasteiger partial charge on any atom is -0.495 e. The van der Waals surface area contributed by atoms with E-state index in [1.165, 1.54) is 11.3 Å². The van der Waals surface area contributed by atoms with Crippen molar-refractivity contribution in [3.05, 3.63) is 40.4 Å². The topological polar surface area (TPSA) is 93.4 Å². The first kappa shape index (κ1) is 18.5. The van der Waals surface area contributed by atoms with Crippen molar-refractivity contribution in [2.45, 2.75) is 26.3 Å². The Bertz CT molecular complexity index is 1050. The van der Waals surface area contributed by atoms with Crippen molar-refractivity contribution in [1.82, 2.24) is 15.5 Å². The maximum Gasteiger partial charge on any atom is 0.263 e. The van der Waals surface area contributed by atoms with Crippen molar-refractivity contribution < 1.29 is 9.53 Å². The normalized spacial score (nSPS) is 16.5. The molecule has 1 aliphatic rings. The number of thiophene rings is 1. The second kappa shape index (κ2) is 7.27. The molecule has 3 N–H and O–H groups in total. The lowest BCUT2D eigenvalue weighted by Gasteiger charge is -2.21. The van der Waals surface area contributed by atoms with Crippen molar-refractivity contribution in [3.63, 3.8) is 0 Å². The first-order chi connectivity index (χ1) is 13.5. The number of fused-ring (bicyclic) bond motifs is 1. The lowest BCUT2D eigenvalue weighted by Crippen LogP contribution is -2.37. The van der Waals surface area contributed by atoms with Gasteiger partial charge in [0.15, 0.2) is 0 Å². The number of hydrogen-bond donors (Lipinski definition) is 2. The number of nitrogen functional groups attached to an aromatic ring is 1. The Morgan fingerprint density at radius 1 is 1.32 bits per heavy atom. The third-order valence-electron chi connectivity index (χ3n) is 5.29. The molecule has 4 rings (SSSR count). The monoisotopic (exact) mass is 397 g/mol. The maximum atomic E-state index is 12.9. The molecule has 0 saturated carbocycles. The van der Waals surface area contributed by atoms with Crippen LogP contribution in [0.15, 0.2) is 24.3 Å². The molecule has 1 atom stereocenters. The predicted octanol–water partition coefficient (Wildman–Crippen LogP) is 2.91. The fourth-order valence-corrected chi connectivity index (χ4v) is 4.65. The fourth-order valence-electron chi connectivity index (χ4n) is 3.65. The standard InChI is InChI=1S/C20H23N5O2S/c1-11-12(2)23-24-20-16(11)17(21)18(28-20)19(26)22-13-8-9-25(10-13)14-6-4-5-7-15(14)27-3/h4-7,13H,8-10,21H2,1-3H3,(H,22,26). The van der Waals surface area contributed by atoms with Gasteiger partial charge in [0.05, 0.1) is 24.2 Å². The number of carbonyl (C=O) groups excluding carboxylic acids is 1. The van der Waals surface area contributed by atoms with E-state index in [1.54, 1.807) is 7.11 Å². The van der Waals surface area contributed by atoms with Crippen molar-refractivity contribution in [2.75, 3.05) is 30.8 Å². The molecule has 8 heteroatoms. The van der Waals surface area contributed by atoms with E-state index < -0.39 is 0 Å². The molecule has 28 heavy (non-hydrogen) atoms. The van der Waals surface area contributed by atoms with Crippen LogP contribution in [0.2, 0.25) is 0 Å². The van der Waals surface area contributed by atoms with E-state index in [-0.39, 0.29) is 11.9 Å². The van der Waals surface area contributed by atoms with Gasteiger partial charge in [0.1, 0.15) is 15.5 Å². The summed E-state index contributed by atoms with van der Waals surface area (Å²) in [4.78, 5) is 16.3. The van der Waals surface area contributed by atoms with Crippen LogP contribution < -0.4 is 20.7 Å². The van der Waals surface area contributed by atoms with E-state index in [0.717, 1.165) is 47.6 Å². The van der Waals surface area contributed by atoms with E-state index in [2.05, 4.69) is 20.4 Å². The minimum absolute atomic E-state index is 0.0518. The third-order valence-corrected chi connectivity index (χ3v) is 6.38. The number of aromatic nitrogens is 2. The van der Waals surface area contributed by atoms with Gasteiger partial charge in [-0.1, -0.05) is 12.1 Å². The van der Waals surface area contributed by atoms with Crippen LogP contribution in [0.3, 0.4) is 0 Å². The van der Waals surface area contributed by atoms with Gasteiger partial charge in [-0.15, -0.1) is 16.4 Å². The summed E-state index contributed by atoms with van der Waals surface area (Å²) >= 11 is 1.30. The number of anilines is 2. The lowest BCUT2D eigenvalue weighted by molar-refractivity contribution is 0.0945. The van der Waals surface area contributed by atoms with E-state index in [9.17, 15) is 4.79 Å². The highest BCUT2D eigenvalue weighted by Crippen LogP contribution is 2.35. The molecule has 1 saturated heterocycles. The van der Waals surface area contributed by atoms with Gasteiger partial charge in [0.25, 0.3) is 5.91 Å². The van der Waals surface area contributed by atoms with Gasteiger partial charge in [-0.05, 0) is 38.0 Å². The van der Waals surface area contributed by atoms with E-state index in [0.29, 0.717) is 15.4 Å². The average molecular weight is 398 g/mol. The van der Waals surface area contributed by atoms with Gasteiger partial charge >= 0.3 is 0 Å². The Labute approximate surface area is 167 Å². The van der Waals surface area contributed by atoms with Crippen molar-refractivity contribution in [1.29, 1.82) is 0 Å². The number of amides is 1. The molecule has 0 bridgehead atoms. The number of nitrogens with zero attached hydrogens (tertiary/aromatic N) is 3. The summed E-state index contributed by atoms with van der Waals surface area (Å²) in [7, 11) is 1.67. The first-order valence-electron chi connectivity index (χ1n) is 9.20. The van der Waals surface area contributed by atoms with Gasteiger partial charge in [0.2, 0.25) is 0 Å². The average Bonchev–Trinajstić information content (AvgIpc) is 3.29. The molecule has 3 aromatic rings. The summed E-state index contributed by atoms with van der Waals surface area (Å²) in [6.45, 7) is 5.44. The molecule has 1 unspecified atom stereocenters. The van der Waals surface area contributed by atoms with E-state index in [1.807, 2.05) is 38.1 Å². The Balaban J connectivity index is 1.51. The molecular weight excluding hydrogens is 374 g/mol. The number of benzene rings is 1. The van der Waals surface area contributed by atoms with Crippen LogP contribution in [0.1, 0.15) is 27.3 Å². The summed E-state index contributed by atoms with van der Waals surface area (Å²) < 4.78 is 5.46. The number of methoxy groups -OCH3 is 1. The van der Waals surface area contributed by atoms with E-state index in [4.69, 9.17) is 10.5 Å². The number of ether oxygens (including phenoxy) is 1. The van der Waals surface area contributed by atoms with Crippen LogP contribution in [0, 0.1) is 13.8 Å². The molecule has 1 amide bonds. The number of rotatable bonds is 4. The number of nitrogens with one attached hydrogen (secondary N) is 1. The Morgan fingerprint density at radius 3 is 2.89 bits per heavy atom. The molecule has 1 aliphatic heterocycles. The Morgan fingerprint density at radius 2 is 2.11 bits per heavy atom. The zero-order valence-electron chi connectivity index (χ0n) is 16.2. The molecule has 146 valence electrons. The molecule has 0 radical (unpaired) electrons. The predicted molar refractivity (Wildman–Crippen MR) is 112 cm³/mol. The Hall–Kier alpha value is -2.87. The zero-order chi connectivity index (χ0) is 19.8. The van der Waals surface area contributed by atoms with Crippen LogP contribution in [-0.2, 0) is 0 Å². The largest absolute Gasteiger partial charge is 0.495 e. The number of aryl methyl sites for hydroxylation is 2. The molecule has 3 heterocycles. The summed E-state index contributed by atoms with van der Waals surface area (Å²) in [6.07, 6.45) is 0.868. The SMILES string of the molecule is COc1ccccc1N1CCC(NC(=O)c2sc3nnc(C)c(C)c3c2N)C1. The molecule has 0 aliphatic carbocycles. The zero-order valence-corrected chi connectivity index (χ0v) is 17.0. The summed E-state index contributed by atoms with van der Waals surface area (Å²) in [5.74, 6) is 0.692. The highest BCUT2D eigenvalue weighted by molar-refractivity contribution is 7.21. The second-order valence-corrected chi connectivity index (χ2v) is 8.01. The lowest BCUT2D eigenvalue weighted by atomic mass is 10.1. The fraction of sp³-hybridized carbons (Fsp3) is 0.350. The highest BCUT2D eigenvalue weighted by atomic mass is 32.1. The number of carbonyl (C=O) groups is 1. The smallest absolute Gasteiger partial charge is 0.263 e. The van der Waals surface area contributed by atoms with Gasteiger partial charge in [0, 0.05) is 24.5 Å². The van der Waals surface area contributed by atoms with Gasteiger partial charge in [-0.2, -0.15) is 5.10 Å². The van der Waals surface area contributed by atoms with E-state index >= 15 is 0 Å². The molecule has 0 spiro atoms. The third kappa shape index (κ3) is 3.13. The maximum absolute atomic E-state index is 12.9. The second-order valence-electron chi connectivity index (χ2n) is 7.01. The molecule has 1 aromatic carbocycles. The Kier molecular flexibility index (Phi) is 4.80. The van der Waals surface area contributed by atoms with Crippen molar-refractivity contribution >= 4 is 38.8 Å². The molecule has 7 nitrogen and oxygen atoms in total. The molecular formula is C20H23N5O2S. The van der Waals surface area contributed by atoms with Crippen molar-refractivity contribution in [2.24, 2.45) is 0 Å². The van der Waals surface area contributed by atoms with Crippen LogP contribution in [0.25, 0.3) is 10.2 Å². The summed E-state index contributed by atoms with van der Waals surface area (Å²) in [6, 6.07) is 7.99. The van der Waals surface area contributed by atoms with Gasteiger partial charge in [-0.3, -0.25) is 4.79 Å². The first-order valence-corrected chi connectivity index (χ1v) is 10.0. The van der Waals surface area contributed by atoms with Crippen LogP contribution in [0.5, 0.6) is 5.75 Å². The molecule has 1 fully saturated rings. The van der Waals surface area contributed by atoms with Crippen LogP contribution in [0.4, 0.5) is 11.4 Å². The van der Waals surface area contributed by atoms with Crippen LogP contribution in [-0.4, -0.2) is 42.3 Å². The number of para-hydroxylation sites is 2. The summed E-state index contributed by atoms with van der Waals surface area (Å²) in [5, 5.41) is 12.3. The van der Waals surface area contributed by atoms with Gasteiger partial charge in [-0.25, -0.2) is 0 Å². The minimum atomic E-state index is -0.149. The molecule has 2 aromatic heterocycles. The highest BCUT2D eigenvalue weighted by Gasteiger charge is 2.28.